The van der Waals surface area contributed by atoms with Gasteiger partial charge in [-0.2, -0.15) is 5.26 Å². The monoisotopic (exact) mass is 215 g/mol. The number of ether oxygens (including phenoxy) is 1. The maximum atomic E-state index is 9.39. The zero-order chi connectivity index (χ0) is 11.4. The van der Waals surface area contributed by atoms with Crippen LogP contribution in [0.1, 0.15) is 24.0 Å². The van der Waals surface area contributed by atoms with Crippen LogP contribution in [0.15, 0.2) is 24.3 Å². The summed E-state index contributed by atoms with van der Waals surface area (Å²) in [7, 11) is 0. The molecule has 0 spiro atoms. The van der Waals surface area contributed by atoms with Crippen LogP contribution in [-0.2, 0) is 11.2 Å². The fourth-order valence-corrected chi connectivity index (χ4v) is 2.26. The first-order valence-corrected chi connectivity index (χ1v) is 5.79. The van der Waals surface area contributed by atoms with Gasteiger partial charge in [0.1, 0.15) is 0 Å². The topological polar surface area (TPSA) is 33.0 Å². The molecule has 0 radical (unpaired) electrons. The molecule has 1 heterocycles. The van der Waals surface area contributed by atoms with Gasteiger partial charge in [0, 0.05) is 13.2 Å². The van der Waals surface area contributed by atoms with Crippen molar-refractivity contribution >= 4 is 0 Å². The van der Waals surface area contributed by atoms with Gasteiger partial charge in [-0.25, -0.2) is 0 Å². The number of nitrogens with zero attached hydrogens (tertiary/aromatic N) is 1. The highest BCUT2D eigenvalue weighted by Crippen LogP contribution is 2.34. The van der Waals surface area contributed by atoms with Crippen LogP contribution in [0.5, 0.6) is 0 Å². The zero-order valence-electron chi connectivity index (χ0n) is 9.70. The Hall–Kier alpha value is -1.33. The van der Waals surface area contributed by atoms with Gasteiger partial charge in [0.05, 0.1) is 11.5 Å². The zero-order valence-corrected chi connectivity index (χ0v) is 9.70. The van der Waals surface area contributed by atoms with Gasteiger partial charge >= 0.3 is 0 Å². The van der Waals surface area contributed by atoms with E-state index < -0.39 is 0 Å². The Kier molecular flexibility index (Phi) is 3.26. The Morgan fingerprint density at radius 3 is 2.62 bits per heavy atom. The van der Waals surface area contributed by atoms with E-state index in [9.17, 15) is 5.26 Å². The molecule has 0 bridgehead atoms. The third-order valence-electron chi connectivity index (χ3n) is 3.48. The molecule has 16 heavy (non-hydrogen) atoms. The third kappa shape index (κ3) is 2.25. The summed E-state index contributed by atoms with van der Waals surface area (Å²) < 4.78 is 5.34. The largest absolute Gasteiger partial charge is 0.381 e. The summed E-state index contributed by atoms with van der Waals surface area (Å²) in [6.45, 7) is 3.55. The van der Waals surface area contributed by atoms with Crippen molar-refractivity contribution in [2.45, 2.75) is 26.2 Å². The Labute approximate surface area is 96.9 Å². The molecular weight excluding hydrogens is 198 g/mol. The van der Waals surface area contributed by atoms with Crippen molar-refractivity contribution in [1.82, 2.24) is 0 Å². The van der Waals surface area contributed by atoms with Crippen molar-refractivity contribution in [3.63, 3.8) is 0 Å². The van der Waals surface area contributed by atoms with Crippen molar-refractivity contribution in [2.75, 3.05) is 13.2 Å². The van der Waals surface area contributed by atoms with Crippen LogP contribution in [0.4, 0.5) is 0 Å². The van der Waals surface area contributed by atoms with Gasteiger partial charge in [0.15, 0.2) is 0 Å². The van der Waals surface area contributed by atoms with Gasteiger partial charge in [-0.1, -0.05) is 24.3 Å². The second-order valence-corrected chi connectivity index (χ2v) is 4.61. The second kappa shape index (κ2) is 4.67. The van der Waals surface area contributed by atoms with Crippen molar-refractivity contribution in [3.05, 3.63) is 35.4 Å². The summed E-state index contributed by atoms with van der Waals surface area (Å²) in [5, 5.41) is 9.39. The van der Waals surface area contributed by atoms with Crippen LogP contribution in [0.2, 0.25) is 0 Å². The Morgan fingerprint density at radius 1 is 1.31 bits per heavy atom. The minimum atomic E-state index is -0.204. The fourth-order valence-electron chi connectivity index (χ4n) is 2.26. The molecule has 1 aromatic rings. The lowest BCUT2D eigenvalue weighted by Crippen LogP contribution is -2.30. The lowest BCUT2D eigenvalue weighted by Gasteiger charge is -2.31. The second-order valence-electron chi connectivity index (χ2n) is 4.61. The molecule has 1 aliphatic heterocycles. The fraction of sp³-hybridized carbons (Fsp3) is 0.500. The smallest absolute Gasteiger partial charge is 0.0695 e. The van der Waals surface area contributed by atoms with Gasteiger partial charge in [0.25, 0.3) is 0 Å². The minimum Gasteiger partial charge on any atom is -0.381 e. The Balaban J connectivity index is 2.19. The van der Waals surface area contributed by atoms with E-state index in [0.29, 0.717) is 0 Å². The summed E-state index contributed by atoms with van der Waals surface area (Å²) in [4.78, 5) is 0. The predicted molar refractivity (Wildman–Crippen MR) is 63.0 cm³/mol. The van der Waals surface area contributed by atoms with Crippen LogP contribution < -0.4 is 0 Å². The Bertz CT molecular complexity index is 399. The minimum absolute atomic E-state index is 0.204. The van der Waals surface area contributed by atoms with Gasteiger partial charge < -0.3 is 4.74 Å². The normalized spacial score (nSPS) is 19.0. The van der Waals surface area contributed by atoms with E-state index in [1.54, 1.807) is 0 Å². The van der Waals surface area contributed by atoms with Gasteiger partial charge in [-0.15, -0.1) is 0 Å². The average Bonchev–Trinajstić information content (AvgIpc) is 2.33. The van der Waals surface area contributed by atoms with Crippen molar-refractivity contribution in [2.24, 2.45) is 5.41 Å². The SMILES string of the molecule is Cc1ccccc1CC1(C#N)CCOCC1. The number of hydrogen-bond donors (Lipinski definition) is 0. The van der Waals surface area contributed by atoms with Crippen LogP contribution in [0.25, 0.3) is 0 Å². The van der Waals surface area contributed by atoms with E-state index >= 15 is 0 Å². The molecule has 0 aliphatic carbocycles. The lowest BCUT2D eigenvalue weighted by atomic mass is 9.76. The lowest BCUT2D eigenvalue weighted by molar-refractivity contribution is 0.0406. The molecule has 1 fully saturated rings. The summed E-state index contributed by atoms with van der Waals surface area (Å²) in [5.74, 6) is 0. The number of hydrogen-bond acceptors (Lipinski definition) is 2. The molecule has 1 aromatic carbocycles. The molecule has 84 valence electrons. The van der Waals surface area contributed by atoms with Gasteiger partial charge in [-0.05, 0) is 37.3 Å². The summed E-state index contributed by atoms with van der Waals surface area (Å²) in [5.41, 5.74) is 2.37. The van der Waals surface area contributed by atoms with E-state index in [-0.39, 0.29) is 5.41 Å². The maximum absolute atomic E-state index is 9.39. The summed E-state index contributed by atoms with van der Waals surface area (Å²) in [6, 6.07) is 10.8. The van der Waals surface area contributed by atoms with E-state index in [0.717, 1.165) is 32.5 Å². The van der Waals surface area contributed by atoms with Crippen LogP contribution in [-0.4, -0.2) is 13.2 Å². The molecule has 0 atom stereocenters. The van der Waals surface area contributed by atoms with E-state index in [4.69, 9.17) is 4.74 Å². The average molecular weight is 215 g/mol. The highest BCUT2D eigenvalue weighted by molar-refractivity contribution is 5.28. The molecule has 0 unspecified atom stereocenters. The molecule has 1 aliphatic rings. The summed E-state index contributed by atoms with van der Waals surface area (Å²) in [6.07, 6.45) is 2.58. The third-order valence-corrected chi connectivity index (χ3v) is 3.48. The quantitative estimate of drug-likeness (QED) is 0.760. The number of benzene rings is 1. The van der Waals surface area contributed by atoms with E-state index in [1.807, 2.05) is 12.1 Å². The first-order chi connectivity index (χ1) is 7.76. The predicted octanol–water partition coefficient (Wildman–Crippen LogP) is 2.86. The molecule has 1 saturated heterocycles. The molecule has 2 nitrogen and oxygen atoms in total. The first kappa shape index (κ1) is 11.2. The standard InChI is InChI=1S/C14H17NO/c1-12-4-2-3-5-13(12)10-14(11-15)6-8-16-9-7-14/h2-5H,6-10H2,1H3. The van der Waals surface area contributed by atoms with Crippen molar-refractivity contribution in [3.8, 4) is 6.07 Å². The van der Waals surface area contributed by atoms with Crippen LogP contribution >= 0.6 is 0 Å². The molecule has 0 saturated carbocycles. The van der Waals surface area contributed by atoms with E-state index in [2.05, 4.69) is 25.1 Å². The first-order valence-electron chi connectivity index (χ1n) is 5.79. The number of aryl methyl sites for hydroxylation is 1. The van der Waals surface area contributed by atoms with Crippen molar-refractivity contribution in [1.29, 1.82) is 5.26 Å². The molecule has 0 amide bonds. The number of nitriles is 1. The summed E-state index contributed by atoms with van der Waals surface area (Å²) >= 11 is 0. The van der Waals surface area contributed by atoms with Crippen molar-refractivity contribution < 1.29 is 4.74 Å². The number of rotatable bonds is 2. The van der Waals surface area contributed by atoms with Crippen LogP contribution in [0, 0.1) is 23.7 Å². The molecule has 0 N–H and O–H groups in total. The maximum Gasteiger partial charge on any atom is 0.0695 e. The molecule has 2 rings (SSSR count). The highest BCUT2D eigenvalue weighted by Gasteiger charge is 2.33. The highest BCUT2D eigenvalue weighted by atomic mass is 16.5. The van der Waals surface area contributed by atoms with E-state index in [1.165, 1.54) is 11.1 Å². The van der Waals surface area contributed by atoms with Gasteiger partial charge in [-0.3, -0.25) is 0 Å². The van der Waals surface area contributed by atoms with Crippen LogP contribution in [0.3, 0.4) is 0 Å². The molecular formula is C14H17NO. The van der Waals surface area contributed by atoms with Gasteiger partial charge in [0.2, 0.25) is 0 Å². The molecule has 0 aromatic heterocycles. The Morgan fingerprint density at radius 2 is 2.00 bits per heavy atom. The molecule has 2 heteroatoms.